The number of rotatable bonds is 5. The van der Waals surface area contributed by atoms with E-state index in [1.54, 1.807) is 18.2 Å². The lowest BCUT2D eigenvalue weighted by atomic mass is 9.91. The van der Waals surface area contributed by atoms with Gasteiger partial charge in [-0.1, -0.05) is 18.6 Å². The van der Waals surface area contributed by atoms with Gasteiger partial charge in [0.2, 0.25) is 0 Å². The van der Waals surface area contributed by atoms with Crippen molar-refractivity contribution >= 4 is 28.3 Å². The molecule has 2 aliphatic rings. The number of hydrogen-bond donors (Lipinski definition) is 1. The van der Waals surface area contributed by atoms with E-state index < -0.39 is 23.8 Å². The van der Waals surface area contributed by atoms with Gasteiger partial charge in [-0.15, -0.1) is 0 Å². The van der Waals surface area contributed by atoms with Crippen LogP contribution >= 0.6 is 0 Å². The van der Waals surface area contributed by atoms with Gasteiger partial charge in [0.25, 0.3) is 5.91 Å². The molecule has 0 aromatic heterocycles. The van der Waals surface area contributed by atoms with Crippen LogP contribution in [0.15, 0.2) is 48.5 Å². The highest BCUT2D eigenvalue weighted by molar-refractivity contribution is 6.11. The van der Waals surface area contributed by atoms with Gasteiger partial charge >= 0.3 is 12.1 Å². The fourth-order valence-corrected chi connectivity index (χ4v) is 4.98. The maximum absolute atomic E-state index is 13.2. The summed E-state index contributed by atoms with van der Waals surface area (Å²) in [6.45, 7) is 1.97. The number of esters is 1. The standard InChI is InChI=1S/C28H27F3N2O4/c1-36-22-8-10-23-19(16-22)6-9-24(25(23)37-27(35)28(29,30)31)26(34)32-20-7-5-17-11-13-33(21-3-2-4-21)14-12-18(17)15-20/h5-10,15-16,21H,2-4,11-14H2,1H3,(H,32,34). The molecular formula is C28H27F3N2O4. The van der Waals surface area contributed by atoms with Crippen LogP contribution in [0, 0.1) is 0 Å². The van der Waals surface area contributed by atoms with E-state index in [-0.39, 0.29) is 10.9 Å². The average Bonchev–Trinajstić information content (AvgIpc) is 3.04. The van der Waals surface area contributed by atoms with Crippen molar-refractivity contribution in [2.75, 3.05) is 25.5 Å². The molecule has 1 amide bonds. The van der Waals surface area contributed by atoms with Crippen molar-refractivity contribution in [2.24, 2.45) is 0 Å². The molecule has 6 nitrogen and oxygen atoms in total. The summed E-state index contributed by atoms with van der Waals surface area (Å²) in [5, 5.41) is 3.42. The second kappa shape index (κ2) is 10.0. The van der Waals surface area contributed by atoms with Crippen LogP contribution in [0.3, 0.4) is 0 Å². The largest absolute Gasteiger partial charge is 0.497 e. The van der Waals surface area contributed by atoms with E-state index in [1.807, 2.05) is 12.1 Å². The van der Waals surface area contributed by atoms with Crippen molar-refractivity contribution in [3.05, 3.63) is 65.2 Å². The van der Waals surface area contributed by atoms with E-state index in [1.165, 1.54) is 50.1 Å². The van der Waals surface area contributed by atoms with Crippen molar-refractivity contribution in [1.82, 2.24) is 4.90 Å². The Morgan fingerprint density at radius 3 is 2.41 bits per heavy atom. The molecule has 1 saturated carbocycles. The quantitative estimate of drug-likeness (QED) is 0.360. The fraction of sp³-hybridized carbons (Fsp3) is 0.357. The summed E-state index contributed by atoms with van der Waals surface area (Å²) in [6, 6.07) is 13.9. The molecule has 194 valence electrons. The first-order valence-electron chi connectivity index (χ1n) is 12.3. The maximum Gasteiger partial charge on any atom is 0.491 e. The zero-order valence-corrected chi connectivity index (χ0v) is 20.4. The molecule has 0 saturated heterocycles. The van der Waals surface area contributed by atoms with Crippen LogP contribution in [0.4, 0.5) is 18.9 Å². The highest BCUT2D eigenvalue weighted by atomic mass is 19.4. The SMILES string of the molecule is COc1ccc2c(OC(=O)C(F)(F)F)c(C(=O)Nc3ccc4c(c3)CCN(C3CCC3)CC4)ccc2c1. The number of halogens is 3. The van der Waals surface area contributed by atoms with Gasteiger partial charge < -0.3 is 14.8 Å². The third-order valence-electron chi connectivity index (χ3n) is 7.24. The Kier molecular flexibility index (Phi) is 6.81. The molecule has 1 heterocycles. The Morgan fingerprint density at radius 2 is 1.73 bits per heavy atom. The van der Waals surface area contributed by atoms with E-state index in [2.05, 4.69) is 10.2 Å². The lowest BCUT2D eigenvalue weighted by Crippen LogP contribution is -2.41. The lowest BCUT2D eigenvalue weighted by Gasteiger charge is -2.36. The summed E-state index contributed by atoms with van der Waals surface area (Å²) in [4.78, 5) is 27.5. The van der Waals surface area contributed by atoms with Gasteiger partial charge in [0.1, 0.15) is 5.75 Å². The normalized spacial score (nSPS) is 16.4. The number of ether oxygens (including phenoxy) is 2. The van der Waals surface area contributed by atoms with E-state index >= 15 is 0 Å². The van der Waals surface area contributed by atoms with Gasteiger partial charge in [-0.25, -0.2) is 4.79 Å². The number of benzene rings is 3. The fourth-order valence-electron chi connectivity index (χ4n) is 4.98. The Labute approximate surface area is 212 Å². The molecule has 37 heavy (non-hydrogen) atoms. The third-order valence-corrected chi connectivity index (χ3v) is 7.24. The Bertz CT molecular complexity index is 1350. The van der Waals surface area contributed by atoms with Crippen LogP contribution in [0.1, 0.15) is 40.7 Å². The smallest absolute Gasteiger partial charge is 0.491 e. The van der Waals surface area contributed by atoms with Crippen molar-refractivity contribution < 1.29 is 32.2 Å². The molecule has 1 aliphatic heterocycles. The highest BCUT2D eigenvalue weighted by Gasteiger charge is 2.42. The molecular weight excluding hydrogens is 485 g/mol. The van der Waals surface area contributed by atoms with E-state index in [0.29, 0.717) is 22.9 Å². The topological polar surface area (TPSA) is 67.9 Å². The summed E-state index contributed by atoms with van der Waals surface area (Å²) < 4.78 is 49.0. The lowest BCUT2D eigenvalue weighted by molar-refractivity contribution is -0.189. The minimum atomic E-state index is -5.22. The number of nitrogens with one attached hydrogen (secondary N) is 1. The van der Waals surface area contributed by atoms with Gasteiger partial charge in [-0.2, -0.15) is 13.2 Å². The van der Waals surface area contributed by atoms with Crippen LogP contribution in [0.25, 0.3) is 10.8 Å². The predicted octanol–water partition coefficient (Wildman–Crippen LogP) is 5.52. The number of fused-ring (bicyclic) bond motifs is 2. The van der Waals surface area contributed by atoms with Crippen molar-refractivity contribution in [2.45, 2.75) is 44.3 Å². The molecule has 5 rings (SSSR count). The van der Waals surface area contributed by atoms with Crippen LogP contribution in [0.2, 0.25) is 0 Å². The number of amides is 1. The van der Waals surface area contributed by atoms with Crippen LogP contribution in [-0.2, 0) is 17.6 Å². The van der Waals surface area contributed by atoms with E-state index in [4.69, 9.17) is 9.47 Å². The molecule has 0 bridgehead atoms. The molecule has 1 aliphatic carbocycles. The van der Waals surface area contributed by atoms with E-state index in [9.17, 15) is 22.8 Å². The van der Waals surface area contributed by atoms with E-state index in [0.717, 1.165) is 31.5 Å². The van der Waals surface area contributed by atoms with Crippen molar-refractivity contribution in [3.8, 4) is 11.5 Å². The van der Waals surface area contributed by atoms with Crippen LogP contribution in [0.5, 0.6) is 11.5 Å². The number of carbonyl (C=O) groups excluding carboxylic acids is 2. The van der Waals surface area contributed by atoms with Crippen molar-refractivity contribution in [1.29, 1.82) is 0 Å². The molecule has 0 spiro atoms. The van der Waals surface area contributed by atoms with Gasteiger partial charge in [0.05, 0.1) is 12.7 Å². The predicted molar refractivity (Wildman–Crippen MR) is 133 cm³/mol. The molecule has 0 unspecified atom stereocenters. The first kappa shape index (κ1) is 25.1. The number of hydrogen-bond acceptors (Lipinski definition) is 5. The Hall–Kier alpha value is -3.59. The molecule has 0 radical (unpaired) electrons. The minimum absolute atomic E-state index is 0.179. The number of nitrogens with zero attached hydrogens (tertiary/aromatic N) is 1. The first-order valence-corrected chi connectivity index (χ1v) is 12.3. The van der Waals surface area contributed by atoms with Gasteiger partial charge in [0.15, 0.2) is 5.75 Å². The summed E-state index contributed by atoms with van der Waals surface area (Å²) in [7, 11) is 1.46. The Balaban J connectivity index is 1.42. The number of carbonyl (C=O) groups is 2. The monoisotopic (exact) mass is 512 g/mol. The second-order valence-electron chi connectivity index (χ2n) is 9.47. The Morgan fingerprint density at radius 1 is 0.973 bits per heavy atom. The molecule has 1 fully saturated rings. The second-order valence-corrected chi connectivity index (χ2v) is 9.47. The van der Waals surface area contributed by atoms with Crippen LogP contribution in [-0.4, -0.2) is 49.2 Å². The summed E-state index contributed by atoms with van der Waals surface area (Å²) >= 11 is 0. The molecule has 1 N–H and O–H groups in total. The van der Waals surface area contributed by atoms with Gasteiger partial charge in [0, 0.05) is 30.2 Å². The molecule has 3 aromatic carbocycles. The van der Waals surface area contributed by atoms with Crippen molar-refractivity contribution in [3.63, 3.8) is 0 Å². The zero-order chi connectivity index (χ0) is 26.2. The third kappa shape index (κ3) is 5.27. The van der Waals surface area contributed by atoms with Crippen LogP contribution < -0.4 is 14.8 Å². The zero-order valence-electron chi connectivity index (χ0n) is 20.4. The van der Waals surface area contributed by atoms with Gasteiger partial charge in [-0.3, -0.25) is 9.69 Å². The summed E-state index contributed by atoms with van der Waals surface area (Å²) in [5.41, 5.74) is 2.73. The summed E-state index contributed by atoms with van der Waals surface area (Å²) in [5.74, 6) is -3.05. The molecule has 0 atom stereocenters. The molecule has 3 aromatic rings. The minimum Gasteiger partial charge on any atom is -0.497 e. The summed E-state index contributed by atoms with van der Waals surface area (Å²) in [6.07, 6.45) is 0.363. The highest BCUT2D eigenvalue weighted by Crippen LogP contribution is 2.35. The maximum atomic E-state index is 13.2. The number of alkyl halides is 3. The first-order chi connectivity index (χ1) is 17.7. The number of methoxy groups -OCH3 is 1. The molecule has 9 heteroatoms. The van der Waals surface area contributed by atoms with Gasteiger partial charge in [-0.05, 0) is 78.6 Å². The number of anilines is 1. The average molecular weight is 513 g/mol.